The Hall–Kier alpha value is -2.29. The van der Waals surface area contributed by atoms with E-state index in [9.17, 15) is 4.79 Å². The second-order valence-electron chi connectivity index (χ2n) is 4.26. The number of carbonyl (C=O) groups is 1. The van der Waals surface area contributed by atoms with Crippen molar-refractivity contribution >= 4 is 5.97 Å². The van der Waals surface area contributed by atoms with E-state index in [-0.39, 0.29) is 5.97 Å². The molecule has 0 unspecified atom stereocenters. The Labute approximate surface area is 119 Å². The van der Waals surface area contributed by atoms with Crippen LogP contribution in [0.25, 0.3) is 11.1 Å². The molecule has 3 heteroatoms. The van der Waals surface area contributed by atoms with Crippen LogP contribution in [0, 0.1) is 0 Å². The van der Waals surface area contributed by atoms with Gasteiger partial charge in [0.2, 0.25) is 0 Å². The van der Waals surface area contributed by atoms with Gasteiger partial charge in [-0.05, 0) is 49.2 Å². The molecule has 2 aromatic rings. The van der Waals surface area contributed by atoms with Gasteiger partial charge < -0.3 is 9.47 Å². The first kappa shape index (κ1) is 14.1. The summed E-state index contributed by atoms with van der Waals surface area (Å²) in [5.74, 6) is 0.574. The molecule has 0 saturated carbocycles. The van der Waals surface area contributed by atoms with Crippen molar-refractivity contribution in [3.8, 4) is 16.9 Å². The summed E-state index contributed by atoms with van der Waals surface area (Å²) < 4.78 is 10.4. The lowest BCUT2D eigenvalue weighted by Gasteiger charge is -2.06. The molecule has 0 N–H and O–H groups in total. The third kappa shape index (κ3) is 3.38. The van der Waals surface area contributed by atoms with Gasteiger partial charge in [0.15, 0.2) is 0 Å². The molecule has 0 saturated heterocycles. The smallest absolute Gasteiger partial charge is 0.338 e. The molecule has 0 aliphatic rings. The van der Waals surface area contributed by atoms with Crippen LogP contribution in [0.15, 0.2) is 48.5 Å². The van der Waals surface area contributed by atoms with E-state index in [1.54, 1.807) is 19.1 Å². The minimum absolute atomic E-state index is 0.286. The second kappa shape index (κ2) is 6.75. The van der Waals surface area contributed by atoms with Crippen molar-refractivity contribution in [1.29, 1.82) is 0 Å². The molecular weight excluding hydrogens is 252 g/mol. The van der Waals surface area contributed by atoms with Crippen LogP contribution in [-0.4, -0.2) is 19.2 Å². The number of esters is 1. The van der Waals surface area contributed by atoms with E-state index < -0.39 is 0 Å². The zero-order valence-corrected chi connectivity index (χ0v) is 11.8. The number of hydrogen-bond acceptors (Lipinski definition) is 3. The number of rotatable bonds is 5. The average Bonchev–Trinajstić information content (AvgIpc) is 2.49. The lowest BCUT2D eigenvalue weighted by Crippen LogP contribution is -2.03. The molecule has 2 aromatic carbocycles. The van der Waals surface area contributed by atoms with Crippen LogP contribution in [0.2, 0.25) is 0 Å². The van der Waals surface area contributed by atoms with Gasteiger partial charge >= 0.3 is 5.97 Å². The summed E-state index contributed by atoms with van der Waals surface area (Å²) in [5.41, 5.74) is 2.71. The lowest BCUT2D eigenvalue weighted by atomic mass is 10.0. The van der Waals surface area contributed by atoms with E-state index in [2.05, 4.69) is 0 Å². The summed E-state index contributed by atoms with van der Waals surface area (Å²) in [6.45, 7) is 4.81. The van der Waals surface area contributed by atoms with Crippen LogP contribution in [0.1, 0.15) is 24.2 Å². The zero-order chi connectivity index (χ0) is 14.4. The lowest BCUT2D eigenvalue weighted by molar-refractivity contribution is 0.0526. The highest BCUT2D eigenvalue weighted by Crippen LogP contribution is 2.23. The van der Waals surface area contributed by atoms with Crippen molar-refractivity contribution in [3.05, 3.63) is 54.1 Å². The molecule has 20 heavy (non-hydrogen) atoms. The maximum atomic E-state index is 11.6. The Bertz CT molecular complexity index is 556. The van der Waals surface area contributed by atoms with Crippen LogP contribution in [0.3, 0.4) is 0 Å². The molecular formula is C17H18O3. The average molecular weight is 270 g/mol. The van der Waals surface area contributed by atoms with Gasteiger partial charge in [-0.3, -0.25) is 0 Å². The van der Waals surface area contributed by atoms with E-state index in [1.807, 2.05) is 43.3 Å². The maximum Gasteiger partial charge on any atom is 0.338 e. The fourth-order valence-corrected chi connectivity index (χ4v) is 1.92. The molecule has 0 aliphatic carbocycles. The van der Waals surface area contributed by atoms with Crippen LogP contribution in [0.5, 0.6) is 5.75 Å². The van der Waals surface area contributed by atoms with Crippen molar-refractivity contribution in [2.75, 3.05) is 13.2 Å². The number of benzene rings is 2. The zero-order valence-electron chi connectivity index (χ0n) is 11.8. The number of hydrogen-bond donors (Lipinski definition) is 0. The van der Waals surface area contributed by atoms with Gasteiger partial charge in [0.1, 0.15) is 5.75 Å². The summed E-state index contributed by atoms with van der Waals surface area (Å²) in [6, 6.07) is 15.3. The minimum atomic E-state index is -0.286. The first-order valence-electron chi connectivity index (χ1n) is 6.75. The molecule has 0 aromatic heterocycles. The SMILES string of the molecule is CCOC(=O)c1ccc(-c2ccc(OCC)cc2)cc1. The highest BCUT2D eigenvalue weighted by molar-refractivity contribution is 5.90. The first-order valence-corrected chi connectivity index (χ1v) is 6.75. The Morgan fingerprint density at radius 1 is 0.850 bits per heavy atom. The molecule has 0 radical (unpaired) electrons. The van der Waals surface area contributed by atoms with Crippen molar-refractivity contribution in [2.24, 2.45) is 0 Å². The molecule has 0 atom stereocenters. The van der Waals surface area contributed by atoms with Crippen LogP contribution < -0.4 is 4.74 Å². The van der Waals surface area contributed by atoms with Gasteiger partial charge in [0.25, 0.3) is 0 Å². The van der Waals surface area contributed by atoms with Crippen LogP contribution in [0.4, 0.5) is 0 Å². The van der Waals surface area contributed by atoms with E-state index in [0.29, 0.717) is 18.8 Å². The Balaban J connectivity index is 2.15. The Kier molecular flexibility index (Phi) is 4.77. The van der Waals surface area contributed by atoms with Crippen molar-refractivity contribution in [2.45, 2.75) is 13.8 Å². The van der Waals surface area contributed by atoms with Gasteiger partial charge in [0, 0.05) is 0 Å². The molecule has 0 spiro atoms. The largest absolute Gasteiger partial charge is 0.494 e. The molecule has 2 rings (SSSR count). The van der Waals surface area contributed by atoms with Crippen molar-refractivity contribution < 1.29 is 14.3 Å². The van der Waals surface area contributed by atoms with Crippen molar-refractivity contribution in [1.82, 2.24) is 0 Å². The highest BCUT2D eigenvalue weighted by atomic mass is 16.5. The van der Waals surface area contributed by atoms with E-state index in [4.69, 9.17) is 9.47 Å². The molecule has 0 fully saturated rings. The summed E-state index contributed by atoms with van der Waals surface area (Å²) in [5, 5.41) is 0. The monoisotopic (exact) mass is 270 g/mol. The molecule has 0 heterocycles. The van der Waals surface area contributed by atoms with E-state index in [1.165, 1.54) is 0 Å². The van der Waals surface area contributed by atoms with Gasteiger partial charge in [-0.15, -0.1) is 0 Å². The number of carbonyl (C=O) groups excluding carboxylic acids is 1. The molecule has 0 bridgehead atoms. The standard InChI is InChI=1S/C17H18O3/c1-3-19-16-11-9-14(10-12-16)13-5-7-15(8-6-13)17(18)20-4-2/h5-12H,3-4H2,1-2H3. The summed E-state index contributed by atoms with van der Waals surface area (Å²) in [4.78, 5) is 11.6. The highest BCUT2D eigenvalue weighted by Gasteiger charge is 2.06. The predicted molar refractivity (Wildman–Crippen MR) is 79.0 cm³/mol. The topological polar surface area (TPSA) is 35.5 Å². The van der Waals surface area contributed by atoms with Gasteiger partial charge in [-0.1, -0.05) is 24.3 Å². The Morgan fingerprint density at radius 3 is 1.90 bits per heavy atom. The first-order chi connectivity index (χ1) is 9.74. The predicted octanol–water partition coefficient (Wildman–Crippen LogP) is 3.93. The fourth-order valence-electron chi connectivity index (χ4n) is 1.92. The molecule has 3 nitrogen and oxygen atoms in total. The van der Waals surface area contributed by atoms with Crippen molar-refractivity contribution in [3.63, 3.8) is 0 Å². The van der Waals surface area contributed by atoms with E-state index >= 15 is 0 Å². The van der Waals surface area contributed by atoms with E-state index in [0.717, 1.165) is 16.9 Å². The molecule has 104 valence electrons. The Morgan fingerprint density at radius 2 is 1.40 bits per heavy atom. The quantitative estimate of drug-likeness (QED) is 0.772. The van der Waals surface area contributed by atoms with Crippen LogP contribution >= 0.6 is 0 Å². The third-order valence-corrected chi connectivity index (χ3v) is 2.89. The third-order valence-electron chi connectivity index (χ3n) is 2.89. The van der Waals surface area contributed by atoms with Gasteiger partial charge in [-0.2, -0.15) is 0 Å². The van der Waals surface area contributed by atoms with Gasteiger partial charge in [-0.25, -0.2) is 4.79 Å². The van der Waals surface area contributed by atoms with Gasteiger partial charge in [0.05, 0.1) is 18.8 Å². The summed E-state index contributed by atoms with van der Waals surface area (Å²) in [6.07, 6.45) is 0. The minimum Gasteiger partial charge on any atom is -0.494 e. The fraction of sp³-hybridized carbons (Fsp3) is 0.235. The second-order valence-corrected chi connectivity index (χ2v) is 4.26. The normalized spacial score (nSPS) is 10.1. The maximum absolute atomic E-state index is 11.6. The van der Waals surface area contributed by atoms with Crippen LogP contribution in [-0.2, 0) is 4.74 Å². The number of ether oxygens (including phenoxy) is 2. The molecule has 0 aliphatic heterocycles. The summed E-state index contributed by atoms with van der Waals surface area (Å²) >= 11 is 0. The summed E-state index contributed by atoms with van der Waals surface area (Å²) in [7, 11) is 0. The molecule has 0 amide bonds.